The summed E-state index contributed by atoms with van der Waals surface area (Å²) in [5.74, 6) is 0.401. The summed E-state index contributed by atoms with van der Waals surface area (Å²) in [6.45, 7) is 4.39. The van der Waals surface area contributed by atoms with Gasteiger partial charge in [0.25, 0.3) is 5.91 Å². The number of anilines is 1. The van der Waals surface area contributed by atoms with Crippen molar-refractivity contribution < 1.29 is 49.8 Å². The number of ether oxygens (including phenoxy) is 1. The van der Waals surface area contributed by atoms with Gasteiger partial charge >= 0.3 is 5.97 Å². The van der Waals surface area contributed by atoms with Crippen molar-refractivity contribution in [3.05, 3.63) is 36.0 Å². The fourth-order valence-electron chi connectivity index (χ4n) is 6.24. The van der Waals surface area contributed by atoms with Gasteiger partial charge < -0.3 is 45.6 Å². The van der Waals surface area contributed by atoms with Crippen LogP contribution in [0.15, 0.2) is 33.6 Å². The Morgan fingerprint density at radius 2 is 1.97 bits per heavy atom. The molecule has 0 radical (unpaired) electrons. The molecule has 9 nitrogen and oxygen atoms in total. The van der Waals surface area contributed by atoms with Crippen LogP contribution in [0.1, 0.15) is 56.3 Å². The lowest BCUT2D eigenvalue weighted by atomic mass is 9.74. The zero-order chi connectivity index (χ0) is 23.8. The number of nitrogens with zero attached hydrogens (tertiary/aromatic N) is 2. The van der Waals surface area contributed by atoms with E-state index in [2.05, 4.69) is 10.5 Å². The van der Waals surface area contributed by atoms with Gasteiger partial charge in [-0.1, -0.05) is 24.4 Å². The number of amides is 1. The number of aryl methyl sites for hydroxylation is 1. The van der Waals surface area contributed by atoms with Gasteiger partial charge in [-0.05, 0) is 25.8 Å². The van der Waals surface area contributed by atoms with Crippen LogP contribution in [0.25, 0.3) is 0 Å². The maximum absolute atomic E-state index is 13.6. The quantitative estimate of drug-likeness (QED) is 0.371. The summed E-state index contributed by atoms with van der Waals surface area (Å²) in [7, 11) is 0. The summed E-state index contributed by atoms with van der Waals surface area (Å²) in [5, 5.41) is 18.4. The van der Waals surface area contributed by atoms with E-state index in [-0.39, 0.29) is 40.8 Å². The van der Waals surface area contributed by atoms with E-state index in [9.17, 15) is 14.7 Å². The number of carbonyl (C=O) groups is 2. The normalized spacial score (nSPS) is 28.1. The summed E-state index contributed by atoms with van der Waals surface area (Å²) >= 11 is 0. The van der Waals surface area contributed by atoms with Crippen LogP contribution in [0.5, 0.6) is 0 Å². The van der Waals surface area contributed by atoms with Crippen molar-refractivity contribution in [2.45, 2.75) is 63.6 Å². The van der Waals surface area contributed by atoms with Gasteiger partial charge in [0.1, 0.15) is 12.3 Å². The molecular weight excluding hydrogens is 518 g/mol. The van der Waals surface area contributed by atoms with Crippen molar-refractivity contribution in [3.8, 4) is 0 Å². The molecular formula is C25H34BrN3O6. The Bertz CT molecular complexity index is 1010. The molecule has 192 valence electrons. The van der Waals surface area contributed by atoms with Gasteiger partial charge in [0.2, 0.25) is 0 Å². The molecule has 35 heavy (non-hydrogen) atoms. The second-order valence-corrected chi connectivity index (χ2v) is 10.4. The van der Waals surface area contributed by atoms with E-state index in [4.69, 9.17) is 13.7 Å². The Morgan fingerprint density at radius 3 is 2.60 bits per heavy atom. The third-order valence-corrected chi connectivity index (χ3v) is 8.14. The second kappa shape index (κ2) is 10.4. The fourth-order valence-corrected chi connectivity index (χ4v) is 6.24. The zero-order valence-corrected chi connectivity index (χ0v) is 21.7. The minimum atomic E-state index is -1.70. The van der Waals surface area contributed by atoms with Crippen molar-refractivity contribution in [1.82, 2.24) is 5.16 Å². The standard InChI is InChI=1S/C25H33N3O6.BrH/c1-17-13-22(27-34-17)26-23(29)15-28-10-7-18(8-11-28)21(14-28)33-24(30)25(31,20-9-12-32-16-20)19-5-3-2-4-6-19;/h9,12-13,16,18-19,21,31H,2-8,10-11,14-15H2,1H3;1H/t18?,21?,25-,28?;/m1./s1. The highest BCUT2D eigenvalue weighted by Crippen LogP contribution is 2.42. The van der Waals surface area contributed by atoms with Gasteiger partial charge in [0, 0.05) is 36.3 Å². The molecule has 2 bridgehead atoms. The fraction of sp³-hybridized carbons (Fsp3) is 0.640. The molecule has 3 saturated heterocycles. The molecule has 5 heterocycles. The van der Waals surface area contributed by atoms with Crippen molar-refractivity contribution >= 4 is 17.7 Å². The molecule has 1 unspecified atom stereocenters. The van der Waals surface area contributed by atoms with Crippen LogP contribution in [-0.4, -0.2) is 58.9 Å². The van der Waals surface area contributed by atoms with E-state index < -0.39 is 11.6 Å². The highest BCUT2D eigenvalue weighted by Gasteiger charge is 2.53. The molecule has 2 aromatic heterocycles. The molecule has 6 rings (SSSR count). The number of esters is 1. The molecule has 10 heteroatoms. The lowest BCUT2D eigenvalue weighted by Gasteiger charge is -2.52. The van der Waals surface area contributed by atoms with Crippen LogP contribution in [0.4, 0.5) is 5.82 Å². The van der Waals surface area contributed by atoms with E-state index in [1.165, 1.54) is 12.5 Å². The van der Waals surface area contributed by atoms with Crippen LogP contribution in [0.3, 0.4) is 0 Å². The summed E-state index contributed by atoms with van der Waals surface area (Å²) < 4.78 is 16.9. The number of hydrogen-bond acceptors (Lipinski definition) is 7. The summed E-state index contributed by atoms with van der Waals surface area (Å²) in [6.07, 6.45) is 9.07. The van der Waals surface area contributed by atoms with Crippen molar-refractivity contribution in [2.24, 2.45) is 11.8 Å². The zero-order valence-electron chi connectivity index (χ0n) is 20.1. The topological polar surface area (TPSA) is 115 Å². The van der Waals surface area contributed by atoms with Gasteiger partial charge in [0.15, 0.2) is 24.1 Å². The number of hydrogen-bond donors (Lipinski definition) is 2. The van der Waals surface area contributed by atoms with Crippen molar-refractivity contribution in [1.29, 1.82) is 0 Å². The van der Waals surface area contributed by atoms with E-state index in [1.807, 2.05) is 0 Å². The largest absolute Gasteiger partial charge is 1.00 e. The second-order valence-electron chi connectivity index (χ2n) is 10.4. The first-order valence-electron chi connectivity index (χ1n) is 12.4. The first-order chi connectivity index (χ1) is 16.4. The predicted molar refractivity (Wildman–Crippen MR) is 121 cm³/mol. The third-order valence-electron chi connectivity index (χ3n) is 8.14. The van der Waals surface area contributed by atoms with Gasteiger partial charge in [-0.2, -0.15) is 0 Å². The molecule has 3 aliphatic heterocycles. The number of aliphatic hydroxyl groups is 1. The molecule has 2 aromatic rings. The first-order valence-corrected chi connectivity index (χ1v) is 12.4. The first kappa shape index (κ1) is 25.9. The Morgan fingerprint density at radius 1 is 1.23 bits per heavy atom. The third kappa shape index (κ3) is 5.20. The van der Waals surface area contributed by atoms with E-state index in [1.54, 1.807) is 19.1 Å². The number of fused-ring (bicyclic) bond motifs is 3. The van der Waals surface area contributed by atoms with Crippen LogP contribution < -0.4 is 22.3 Å². The molecule has 0 aromatic carbocycles. The number of carbonyl (C=O) groups excluding carboxylic acids is 2. The van der Waals surface area contributed by atoms with Crippen LogP contribution in [0.2, 0.25) is 0 Å². The minimum Gasteiger partial charge on any atom is -1.00 e. The molecule has 4 aliphatic rings. The number of aromatic nitrogens is 1. The SMILES string of the molecule is Cc1cc(NC(=O)C[N+]23CCC(CC2)C(OC(=O)[C@](O)(c2ccoc2)C2CCCCC2)C3)no1.[Br-]. The molecule has 0 spiro atoms. The number of halogens is 1. The molecule has 1 aliphatic carbocycles. The molecule has 2 N–H and O–H groups in total. The maximum Gasteiger partial charge on any atom is 0.343 e. The number of nitrogens with one attached hydrogen (secondary N) is 1. The van der Waals surface area contributed by atoms with E-state index >= 15 is 0 Å². The average Bonchev–Trinajstić information content (AvgIpc) is 3.52. The van der Waals surface area contributed by atoms with E-state index in [0.29, 0.717) is 34.7 Å². The average molecular weight is 552 g/mol. The van der Waals surface area contributed by atoms with Crippen LogP contribution in [0, 0.1) is 18.8 Å². The summed E-state index contributed by atoms with van der Waals surface area (Å²) in [6, 6.07) is 3.35. The highest BCUT2D eigenvalue weighted by atomic mass is 79.9. The van der Waals surface area contributed by atoms with Gasteiger partial charge in [-0.3, -0.25) is 4.79 Å². The van der Waals surface area contributed by atoms with Gasteiger partial charge in [-0.15, -0.1) is 0 Å². The Hall–Kier alpha value is -2.17. The van der Waals surface area contributed by atoms with Gasteiger partial charge in [-0.25, -0.2) is 4.79 Å². The molecule has 4 fully saturated rings. The molecule has 2 atom stereocenters. The lowest BCUT2D eigenvalue weighted by Crippen LogP contribution is -3.00. The smallest absolute Gasteiger partial charge is 0.343 e. The number of piperidine rings is 3. The van der Waals surface area contributed by atoms with Gasteiger partial charge in [0.05, 0.1) is 25.6 Å². The monoisotopic (exact) mass is 551 g/mol. The summed E-state index contributed by atoms with van der Waals surface area (Å²) in [4.78, 5) is 26.3. The lowest BCUT2D eigenvalue weighted by molar-refractivity contribution is -0.939. The molecule has 1 saturated carbocycles. The van der Waals surface area contributed by atoms with Crippen molar-refractivity contribution in [3.63, 3.8) is 0 Å². The Labute approximate surface area is 215 Å². The Kier molecular flexibility index (Phi) is 7.73. The number of quaternary nitrogens is 1. The van der Waals surface area contributed by atoms with Crippen molar-refractivity contribution in [2.75, 3.05) is 31.5 Å². The Balaban J connectivity index is 0.00000289. The van der Waals surface area contributed by atoms with Crippen LogP contribution >= 0.6 is 0 Å². The predicted octanol–water partition coefficient (Wildman–Crippen LogP) is 0.139. The van der Waals surface area contributed by atoms with E-state index in [0.717, 1.165) is 58.0 Å². The molecule has 1 amide bonds. The maximum atomic E-state index is 13.6. The number of rotatable bonds is 7. The van der Waals surface area contributed by atoms with Crippen LogP contribution in [-0.2, 0) is 19.9 Å². The highest BCUT2D eigenvalue weighted by molar-refractivity contribution is 5.90. The number of furan rings is 1. The summed E-state index contributed by atoms with van der Waals surface area (Å²) in [5.41, 5.74) is -1.23. The minimum absolute atomic E-state index is 0.